The van der Waals surface area contributed by atoms with E-state index in [2.05, 4.69) is 10.6 Å². The van der Waals surface area contributed by atoms with Crippen LogP contribution in [0.25, 0.3) is 0 Å². The number of amides is 2. The fourth-order valence-corrected chi connectivity index (χ4v) is 2.71. The van der Waals surface area contributed by atoms with E-state index in [1.54, 1.807) is 20.1 Å². The number of carbonyl (C=O) groups excluding carboxylic acids is 2. The first kappa shape index (κ1) is 17.0. The Morgan fingerprint density at radius 1 is 1.12 bits per heavy atom. The topological polar surface area (TPSA) is 67.4 Å². The molecule has 0 aliphatic heterocycles. The van der Waals surface area contributed by atoms with Gasteiger partial charge in [0.05, 0.1) is 12.8 Å². The predicted octanol–water partition coefficient (Wildman–Crippen LogP) is 2.75. The third-order valence-corrected chi connectivity index (χ3v) is 4.23. The van der Waals surface area contributed by atoms with Gasteiger partial charge in [0, 0.05) is 12.0 Å². The lowest BCUT2D eigenvalue weighted by molar-refractivity contribution is -0.136. The molecule has 5 nitrogen and oxygen atoms in total. The van der Waals surface area contributed by atoms with Gasteiger partial charge in [-0.25, -0.2) is 4.39 Å². The van der Waals surface area contributed by atoms with Gasteiger partial charge in [-0.15, -0.1) is 0 Å². The van der Waals surface area contributed by atoms with Crippen molar-refractivity contribution in [2.24, 2.45) is 0 Å². The van der Waals surface area contributed by atoms with Crippen LogP contribution in [0.1, 0.15) is 23.5 Å². The molecule has 130 valence electrons. The van der Waals surface area contributed by atoms with Crippen molar-refractivity contribution in [1.82, 2.24) is 5.32 Å². The number of ether oxygens (including phenoxy) is 1. The molecule has 2 aromatic carbocycles. The average Bonchev–Trinajstić information content (AvgIpc) is 3.36. The first-order chi connectivity index (χ1) is 12.0. The van der Waals surface area contributed by atoms with Crippen LogP contribution in [0, 0.1) is 12.7 Å². The second-order valence-corrected chi connectivity index (χ2v) is 6.13. The Morgan fingerprint density at radius 3 is 2.48 bits per heavy atom. The molecule has 0 heterocycles. The van der Waals surface area contributed by atoms with E-state index >= 15 is 0 Å². The number of hydrogen-bond acceptors (Lipinski definition) is 3. The van der Waals surface area contributed by atoms with E-state index in [0.29, 0.717) is 0 Å². The third-order valence-electron chi connectivity index (χ3n) is 4.23. The summed E-state index contributed by atoms with van der Waals surface area (Å²) in [7, 11) is 1.60. The summed E-state index contributed by atoms with van der Waals surface area (Å²) in [5, 5.41) is 4.97. The summed E-state index contributed by atoms with van der Waals surface area (Å²) in [5.74, 6) is -1.25. The molecule has 0 aromatic heterocycles. The van der Waals surface area contributed by atoms with Gasteiger partial charge in [0.2, 0.25) is 0 Å². The zero-order valence-corrected chi connectivity index (χ0v) is 14.0. The van der Waals surface area contributed by atoms with Crippen molar-refractivity contribution in [1.29, 1.82) is 0 Å². The van der Waals surface area contributed by atoms with Crippen LogP contribution >= 0.6 is 0 Å². The quantitative estimate of drug-likeness (QED) is 0.840. The van der Waals surface area contributed by atoms with Crippen molar-refractivity contribution in [3.8, 4) is 5.75 Å². The summed E-state index contributed by atoms with van der Waals surface area (Å²) >= 11 is 0. The maximum atomic E-state index is 13.7. The second kappa shape index (κ2) is 6.93. The summed E-state index contributed by atoms with van der Waals surface area (Å²) in [6, 6.07) is 11.9. The molecule has 6 heteroatoms. The van der Waals surface area contributed by atoms with Crippen molar-refractivity contribution < 1.29 is 18.7 Å². The Bertz CT molecular complexity index is 805. The zero-order chi connectivity index (χ0) is 18.0. The van der Waals surface area contributed by atoms with Gasteiger partial charge in [0.15, 0.2) is 0 Å². The summed E-state index contributed by atoms with van der Waals surface area (Å²) in [6.07, 6.45) is 0.768. The van der Waals surface area contributed by atoms with Crippen LogP contribution in [-0.2, 0) is 9.59 Å². The summed E-state index contributed by atoms with van der Waals surface area (Å²) in [6.45, 7) is 1.74. The first-order valence-electron chi connectivity index (χ1n) is 8.00. The highest BCUT2D eigenvalue weighted by atomic mass is 19.1. The van der Waals surface area contributed by atoms with Gasteiger partial charge in [-0.2, -0.15) is 0 Å². The van der Waals surface area contributed by atoms with Gasteiger partial charge < -0.3 is 15.4 Å². The monoisotopic (exact) mass is 342 g/mol. The normalized spacial score (nSPS) is 18.4. The molecule has 2 amide bonds. The van der Waals surface area contributed by atoms with E-state index in [9.17, 15) is 14.0 Å². The molecule has 2 N–H and O–H groups in total. The number of anilines is 1. The predicted molar refractivity (Wildman–Crippen MR) is 92.0 cm³/mol. The van der Waals surface area contributed by atoms with Crippen molar-refractivity contribution >= 4 is 17.5 Å². The minimum atomic E-state index is -0.872. The van der Waals surface area contributed by atoms with E-state index in [4.69, 9.17) is 4.74 Å². The molecule has 0 spiro atoms. The Morgan fingerprint density at radius 2 is 1.84 bits per heavy atom. The van der Waals surface area contributed by atoms with Crippen molar-refractivity contribution in [2.75, 3.05) is 12.4 Å². The molecular weight excluding hydrogens is 323 g/mol. The smallest absolute Gasteiger partial charge is 0.313 e. The Balaban J connectivity index is 1.54. The van der Waals surface area contributed by atoms with Crippen molar-refractivity contribution in [3.63, 3.8) is 0 Å². The molecule has 1 fully saturated rings. The van der Waals surface area contributed by atoms with Crippen molar-refractivity contribution in [2.45, 2.75) is 25.3 Å². The van der Waals surface area contributed by atoms with Gasteiger partial charge >= 0.3 is 11.8 Å². The van der Waals surface area contributed by atoms with Gasteiger partial charge in [-0.05, 0) is 48.7 Å². The van der Waals surface area contributed by atoms with Gasteiger partial charge in [-0.3, -0.25) is 9.59 Å². The number of benzene rings is 2. The number of hydrogen-bond donors (Lipinski definition) is 2. The molecule has 1 aliphatic rings. The fraction of sp³-hybridized carbons (Fsp3) is 0.263. The molecule has 1 aliphatic carbocycles. The van der Waals surface area contributed by atoms with E-state index in [1.807, 2.05) is 24.3 Å². The van der Waals surface area contributed by atoms with E-state index in [0.717, 1.165) is 23.3 Å². The highest BCUT2D eigenvalue weighted by Gasteiger charge is 2.40. The van der Waals surface area contributed by atoms with E-state index < -0.39 is 17.6 Å². The number of halogens is 1. The minimum absolute atomic E-state index is 0.00625. The number of aryl methyl sites for hydroxylation is 1. The summed E-state index contributed by atoms with van der Waals surface area (Å²) < 4.78 is 18.9. The van der Waals surface area contributed by atoms with Gasteiger partial charge in [-0.1, -0.05) is 18.2 Å². The second-order valence-electron chi connectivity index (χ2n) is 6.13. The van der Waals surface area contributed by atoms with Crippen LogP contribution in [0.3, 0.4) is 0 Å². The average molecular weight is 342 g/mol. The lowest BCUT2D eigenvalue weighted by atomic mass is 10.1. The molecule has 1 saturated carbocycles. The number of rotatable bonds is 4. The van der Waals surface area contributed by atoms with Gasteiger partial charge in [0.25, 0.3) is 0 Å². The molecule has 0 bridgehead atoms. The van der Waals surface area contributed by atoms with Crippen LogP contribution in [0.5, 0.6) is 5.75 Å². The molecule has 2 atom stereocenters. The fourth-order valence-electron chi connectivity index (χ4n) is 2.71. The lowest BCUT2D eigenvalue weighted by Crippen LogP contribution is -2.37. The van der Waals surface area contributed by atoms with E-state index in [-0.39, 0.29) is 17.6 Å². The summed E-state index contributed by atoms with van der Waals surface area (Å²) in [4.78, 5) is 23.9. The van der Waals surface area contributed by atoms with Crippen molar-refractivity contribution in [3.05, 3.63) is 59.4 Å². The van der Waals surface area contributed by atoms with Crippen LogP contribution < -0.4 is 15.4 Å². The standard InChI is InChI=1S/C19H19FN2O3/c1-11-3-8-16(15(20)9-11)21-18(23)19(24)22-17-10-14(17)12-4-6-13(25-2)7-5-12/h3-9,14,17H,10H2,1-2H3,(H,21,23)(H,22,24)/t14-,17+/m0/s1. The van der Waals surface area contributed by atoms with Crippen LogP contribution in [0.4, 0.5) is 10.1 Å². The summed E-state index contributed by atoms with van der Waals surface area (Å²) in [5.41, 5.74) is 1.81. The van der Waals surface area contributed by atoms with Crippen LogP contribution in [-0.4, -0.2) is 25.0 Å². The minimum Gasteiger partial charge on any atom is -0.497 e. The first-order valence-corrected chi connectivity index (χ1v) is 8.00. The third kappa shape index (κ3) is 3.96. The van der Waals surface area contributed by atoms with Crippen LogP contribution in [0.2, 0.25) is 0 Å². The molecular formula is C19H19FN2O3. The lowest BCUT2D eigenvalue weighted by Gasteiger charge is -2.08. The Kier molecular flexibility index (Phi) is 4.70. The Labute approximate surface area is 145 Å². The molecule has 25 heavy (non-hydrogen) atoms. The molecule has 0 unspecified atom stereocenters. The molecule has 3 rings (SSSR count). The number of nitrogens with one attached hydrogen (secondary N) is 2. The number of carbonyl (C=O) groups is 2. The SMILES string of the molecule is COc1ccc([C@@H]2C[C@H]2NC(=O)C(=O)Nc2ccc(C)cc2F)cc1. The number of methoxy groups -OCH3 is 1. The molecule has 0 radical (unpaired) electrons. The highest BCUT2D eigenvalue weighted by molar-refractivity contribution is 6.39. The largest absolute Gasteiger partial charge is 0.497 e. The highest BCUT2D eigenvalue weighted by Crippen LogP contribution is 2.41. The maximum absolute atomic E-state index is 13.7. The molecule has 2 aromatic rings. The molecule has 0 saturated heterocycles. The van der Waals surface area contributed by atoms with Gasteiger partial charge in [0.1, 0.15) is 11.6 Å². The zero-order valence-electron chi connectivity index (χ0n) is 14.0. The Hall–Kier alpha value is -2.89. The van der Waals surface area contributed by atoms with Crippen LogP contribution in [0.15, 0.2) is 42.5 Å². The van der Waals surface area contributed by atoms with E-state index in [1.165, 1.54) is 12.1 Å². The maximum Gasteiger partial charge on any atom is 0.313 e.